The molecule has 22 heavy (non-hydrogen) atoms. The average Bonchev–Trinajstić information content (AvgIpc) is 3.14. The Bertz CT molecular complexity index is 774. The smallest absolute Gasteiger partial charge is 0.236 e. The fraction of sp³-hybridized carbons (Fsp3) is 0.400. The lowest BCUT2D eigenvalue weighted by Crippen LogP contribution is -2.18. The van der Waals surface area contributed by atoms with E-state index in [1.54, 1.807) is 11.3 Å². The van der Waals surface area contributed by atoms with Crippen LogP contribution >= 0.6 is 11.3 Å². The van der Waals surface area contributed by atoms with Crippen molar-refractivity contribution >= 4 is 11.3 Å². The third kappa shape index (κ3) is 3.10. The summed E-state index contributed by atoms with van der Waals surface area (Å²) in [6.45, 7) is 7.26. The lowest BCUT2D eigenvalue weighted by atomic mass is 10.3. The summed E-state index contributed by atoms with van der Waals surface area (Å²) in [4.78, 5) is 9.05. The summed E-state index contributed by atoms with van der Waals surface area (Å²) < 4.78 is 10.5. The van der Waals surface area contributed by atoms with Gasteiger partial charge in [0.2, 0.25) is 5.89 Å². The zero-order chi connectivity index (χ0) is 15.7. The van der Waals surface area contributed by atoms with Gasteiger partial charge in [-0.25, -0.2) is 9.61 Å². The monoisotopic (exact) mass is 318 g/mol. The van der Waals surface area contributed by atoms with Gasteiger partial charge in [-0.2, -0.15) is 0 Å². The van der Waals surface area contributed by atoms with Crippen LogP contribution in [-0.4, -0.2) is 27.2 Å². The van der Waals surface area contributed by atoms with Gasteiger partial charge in [-0.05, 0) is 40.0 Å². The molecular weight excluding hydrogens is 300 g/mol. The fourth-order valence-corrected chi connectivity index (χ4v) is 2.98. The van der Waals surface area contributed by atoms with Crippen molar-refractivity contribution in [1.29, 1.82) is 0 Å². The molecule has 7 heteroatoms. The summed E-state index contributed by atoms with van der Waals surface area (Å²) in [5.41, 5.74) is 2.61. The molecule has 6 nitrogen and oxygen atoms in total. The summed E-state index contributed by atoms with van der Waals surface area (Å²) in [6.07, 6.45) is 0. The van der Waals surface area contributed by atoms with Gasteiger partial charge in [-0.15, -0.1) is 11.3 Å². The van der Waals surface area contributed by atoms with E-state index in [0.29, 0.717) is 19.0 Å². The van der Waals surface area contributed by atoms with Crippen molar-refractivity contribution in [2.75, 3.05) is 7.05 Å². The van der Waals surface area contributed by atoms with Gasteiger partial charge in [-0.1, -0.05) is 10.3 Å². The number of rotatable bonds is 5. The van der Waals surface area contributed by atoms with Gasteiger partial charge in [0.15, 0.2) is 0 Å². The van der Waals surface area contributed by atoms with Crippen LogP contribution in [0.3, 0.4) is 0 Å². The molecule has 0 aromatic carbocycles. The van der Waals surface area contributed by atoms with Crippen LogP contribution in [0, 0.1) is 20.8 Å². The largest absolute Gasteiger partial charge is 0.440 e. The van der Waals surface area contributed by atoms with E-state index in [0.717, 1.165) is 27.7 Å². The second-order valence-corrected chi connectivity index (χ2v) is 6.69. The molecular formula is C15H18N4O2S. The molecule has 116 valence electrons. The summed E-state index contributed by atoms with van der Waals surface area (Å²) in [5, 5.41) is 7.70. The Labute approximate surface area is 132 Å². The molecule has 0 radical (unpaired) electrons. The molecule has 0 amide bonds. The summed E-state index contributed by atoms with van der Waals surface area (Å²) in [7, 11) is 2.01. The van der Waals surface area contributed by atoms with Crippen LogP contribution in [0.15, 0.2) is 21.2 Å². The van der Waals surface area contributed by atoms with E-state index in [4.69, 9.17) is 9.05 Å². The second-order valence-electron chi connectivity index (χ2n) is 5.40. The van der Waals surface area contributed by atoms with E-state index < -0.39 is 0 Å². The molecule has 0 N–H and O–H groups in total. The van der Waals surface area contributed by atoms with Gasteiger partial charge >= 0.3 is 0 Å². The summed E-state index contributed by atoms with van der Waals surface area (Å²) in [6, 6.07) is 4.12. The average molecular weight is 318 g/mol. The van der Waals surface area contributed by atoms with Gasteiger partial charge in [0.25, 0.3) is 0 Å². The molecule has 3 heterocycles. The predicted octanol–water partition coefficient (Wildman–Crippen LogP) is 3.34. The van der Waals surface area contributed by atoms with E-state index >= 15 is 0 Å². The van der Waals surface area contributed by atoms with Crippen molar-refractivity contribution in [2.45, 2.75) is 33.9 Å². The molecule has 3 aromatic rings. The second kappa shape index (κ2) is 6.02. The van der Waals surface area contributed by atoms with E-state index in [1.165, 1.54) is 4.88 Å². The normalized spacial score (nSPS) is 11.5. The molecule has 0 saturated carbocycles. The predicted molar refractivity (Wildman–Crippen MR) is 83.5 cm³/mol. The molecule has 3 rings (SSSR count). The number of aromatic nitrogens is 3. The Hall–Kier alpha value is -1.99. The topological polar surface area (TPSA) is 68.2 Å². The minimum Gasteiger partial charge on any atom is -0.440 e. The maximum atomic E-state index is 5.80. The van der Waals surface area contributed by atoms with Crippen LogP contribution in [0.5, 0.6) is 0 Å². The minimum atomic E-state index is 0.662. The maximum absolute atomic E-state index is 5.80. The van der Waals surface area contributed by atoms with Crippen LogP contribution in [0.25, 0.3) is 10.8 Å². The van der Waals surface area contributed by atoms with Crippen molar-refractivity contribution in [1.82, 2.24) is 20.2 Å². The Balaban J connectivity index is 1.72. The molecule has 0 aliphatic rings. The van der Waals surface area contributed by atoms with E-state index in [1.807, 2.05) is 27.0 Å². The first-order chi connectivity index (χ1) is 10.5. The third-order valence-corrected chi connectivity index (χ3v) is 4.42. The number of hydrogen-bond donors (Lipinski definition) is 0. The Kier molecular flexibility index (Phi) is 4.08. The molecule has 0 spiro atoms. The Morgan fingerprint density at radius 2 is 1.86 bits per heavy atom. The number of thiophene rings is 1. The molecule has 0 saturated heterocycles. The lowest BCUT2D eigenvalue weighted by molar-refractivity contribution is 0.277. The van der Waals surface area contributed by atoms with Crippen molar-refractivity contribution in [3.63, 3.8) is 0 Å². The number of nitrogens with zero attached hydrogens (tertiary/aromatic N) is 4. The molecule has 0 atom stereocenters. The third-order valence-electron chi connectivity index (χ3n) is 3.43. The standard InChI is InChI=1S/C15H18N4O2S/c1-9-5-6-14(22-9)15-16-13(11(3)20-15)8-19(4)7-12-10(2)17-21-18-12/h5-6H,7-8H2,1-4H3. The van der Waals surface area contributed by atoms with Gasteiger partial charge in [0.1, 0.15) is 17.1 Å². The van der Waals surface area contributed by atoms with Crippen molar-refractivity contribution in [3.8, 4) is 10.8 Å². The Morgan fingerprint density at radius 3 is 2.50 bits per heavy atom. The summed E-state index contributed by atoms with van der Waals surface area (Å²) >= 11 is 1.69. The SMILES string of the molecule is Cc1ccc(-c2nc(CN(C)Cc3nonc3C)c(C)o2)s1. The summed E-state index contributed by atoms with van der Waals surface area (Å²) in [5.74, 6) is 1.54. The fourth-order valence-electron chi connectivity index (χ4n) is 2.19. The van der Waals surface area contributed by atoms with Gasteiger partial charge in [-0.3, -0.25) is 4.90 Å². The van der Waals surface area contributed by atoms with Crippen molar-refractivity contribution in [3.05, 3.63) is 39.9 Å². The van der Waals surface area contributed by atoms with Crippen LogP contribution in [0.1, 0.15) is 27.7 Å². The highest BCUT2D eigenvalue weighted by atomic mass is 32.1. The van der Waals surface area contributed by atoms with Crippen LogP contribution < -0.4 is 0 Å². The zero-order valence-electron chi connectivity index (χ0n) is 13.1. The van der Waals surface area contributed by atoms with Crippen molar-refractivity contribution < 1.29 is 9.05 Å². The number of hydrogen-bond acceptors (Lipinski definition) is 7. The highest BCUT2D eigenvalue weighted by Crippen LogP contribution is 2.28. The van der Waals surface area contributed by atoms with Crippen LogP contribution in [0.4, 0.5) is 0 Å². The molecule has 0 bridgehead atoms. The molecule has 0 fully saturated rings. The number of aryl methyl sites for hydroxylation is 3. The van der Waals surface area contributed by atoms with Gasteiger partial charge in [0, 0.05) is 18.0 Å². The van der Waals surface area contributed by atoms with E-state index in [9.17, 15) is 0 Å². The molecule has 0 aliphatic carbocycles. The van der Waals surface area contributed by atoms with E-state index in [2.05, 4.69) is 33.2 Å². The Morgan fingerprint density at radius 1 is 1.09 bits per heavy atom. The maximum Gasteiger partial charge on any atom is 0.236 e. The van der Waals surface area contributed by atoms with Gasteiger partial charge < -0.3 is 4.42 Å². The molecule has 0 aliphatic heterocycles. The van der Waals surface area contributed by atoms with Crippen molar-refractivity contribution in [2.24, 2.45) is 0 Å². The first-order valence-corrected chi connectivity index (χ1v) is 7.84. The first-order valence-electron chi connectivity index (χ1n) is 7.02. The number of oxazole rings is 1. The zero-order valence-corrected chi connectivity index (χ0v) is 13.9. The minimum absolute atomic E-state index is 0.662. The quantitative estimate of drug-likeness (QED) is 0.718. The van der Waals surface area contributed by atoms with Crippen LogP contribution in [-0.2, 0) is 13.1 Å². The molecule has 0 unspecified atom stereocenters. The molecule has 3 aromatic heterocycles. The highest BCUT2D eigenvalue weighted by molar-refractivity contribution is 7.15. The van der Waals surface area contributed by atoms with Crippen LogP contribution in [0.2, 0.25) is 0 Å². The van der Waals surface area contributed by atoms with Gasteiger partial charge in [0.05, 0.1) is 10.6 Å². The first kappa shape index (κ1) is 14.9. The highest BCUT2D eigenvalue weighted by Gasteiger charge is 2.16. The van der Waals surface area contributed by atoms with E-state index in [-0.39, 0.29) is 0 Å². The lowest BCUT2D eigenvalue weighted by Gasteiger charge is -2.13.